The van der Waals surface area contributed by atoms with Crippen molar-refractivity contribution in [3.63, 3.8) is 0 Å². The maximum atomic E-state index is 12.2. The fraction of sp³-hybridized carbons (Fsp3) is 0.188. The summed E-state index contributed by atoms with van der Waals surface area (Å²) in [5.74, 6) is 0.560. The summed E-state index contributed by atoms with van der Waals surface area (Å²) >= 11 is 3.40. The third-order valence-corrected chi connectivity index (χ3v) is 3.34. The third-order valence-electron chi connectivity index (χ3n) is 2.84. The number of aryl methyl sites for hydroxylation is 1. The summed E-state index contributed by atoms with van der Waals surface area (Å²) in [6.07, 6.45) is 0. The normalized spacial score (nSPS) is 10.2. The zero-order valence-corrected chi connectivity index (χ0v) is 13.0. The zero-order valence-electron chi connectivity index (χ0n) is 11.4. The molecule has 2 aromatic carbocycles. The van der Waals surface area contributed by atoms with Gasteiger partial charge in [-0.3, -0.25) is 4.79 Å². The van der Waals surface area contributed by atoms with Gasteiger partial charge in [0.05, 0.1) is 6.61 Å². The monoisotopic (exact) mass is 333 g/mol. The van der Waals surface area contributed by atoms with Gasteiger partial charge in [-0.2, -0.15) is 0 Å². The van der Waals surface area contributed by atoms with Gasteiger partial charge in [-0.25, -0.2) is 0 Å². The quantitative estimate of drug-likeness (QED) is 0.899. The molecule has 0 unspecified atom stereocenters. The van der Waals surface area contributed by atoms with E-state index in [0.717, 1.165) is 15.7 Å². The molecule has 3 nitrogen and oxygen atoms in total. The molecule has 2 aromatic rings. The van der Waals surface area contributed by atoms with E-state index in [2.05, 4.69) is 21.2 Å². The standard InChI is InChI=1S/C16H16BrNO2/c1-3-20-14-6-4-5-12(10-14)16(19)18-15-8-7-13(17)9-11(15)2/h4-10H,3H2,1-2H3,(H,18,19). The number of nitrogens with one attached hydrogen (secondary N) is 1. The van der Waals surface area contributed by atoms with Gasteiger partial charge in [-0.05, 0) is 55.8 Å². The Morgan fingerprint density at radius 3 is 2.75 bits per heavy atom. The van der Waals surface area contributed by atoms with Gasteiger partial charge in [-0.15, -0.1) is 0 Å². The van der Waals surface area contributed by atoms with Gasteiger partial charge in [0, 0.05) is 15.7 Å². The molecule has 0 aliphatic carbocycles. The lowest BCUT2D eigenvalue weighted by Gasteiger charge is -2.10. The lowest BCUT2D eigenvalue weighted by Crippen LogP contribution is -2.12. The van der Waals surface area contributed by atoms with Crippen molar-refractivity contribution in [2.45, 2.75) is 13.8 Å². The van der Waals surface area contributed by atoms with Crippen LogP contribution in [0.3, 0.4) is 0 Å². The Kier molecular flexibility index (Phi) is 4.79. The minimum absolute atomic E-state index is 0.142. The van der Waals surface area contributed by atoms with Crippen molar-refractivity contribution in [2.75, 3.05) is 11.9 Å². The molecule has 1 N–H and O–H groups in total. The molecule has 0 saturated carbocycles. The molecule has 0 bridgehead atoms. The first kappa shape index (κ1) is 14.6. The predicted molar refractivity (Wildman–Crippen MR) is 84.4 cm³/mol. The van der Waals surface area contributed by atoms with Crippen molar-refractivity contribution >= 4 is 27.5 Å². The van der Waals surface area contributed by atoms with Crippen molar-refractivity contribution in [3.8, 4) is 5.75 Å². The molecule has 1 amide bonds. The van der Waals surface area contributed by atoms with E-state index >= 15 is 0 Å². The van der Waals surface area contributed by atoms with Crippen molar-refractivity contribution < 1.29 is 9.53 Å². The SMILES string of the molecule is CCOc1cccc(C(=O)Nc2ccc(Br)cc2C)c1. The molecule has 0 atom stereocenters. The van der Waals surface area contributed by atoms with Gasteiger partial charge in [0.25, 0.3) is 5.91 Å². The van der Waals surface area contributed by atoms with E-state index in [1.54, 1.807) is 12.1 Å². The van der Waals surface area contributed by atoms with Gasteiger partial charge < -0.3 is 10.1 Å². The molecule has 0 fully saturated rings. The summed E-state index contributed by atoms with van der Waals surface area (Å²) in [4.78, 5) is 12.2. The lowest BCUT2D eigenvalue weighted by molar-refractivity contribution is 0.102. The van der Waals surface area contributed by atoms with Crippen LogP contribution in [0.1, 0.15) is 22.8 Å². The number of halogens is 1. The molecule has 0 radical (unpaired) electrons. The number of anilines is 1. The Balaban J connectivity index is 2.17. The lowest BCUT2D eigenvalue weighted by atomic mass is 10.1. The Morgan fingerprint density at radius 2 is 2.05 bits per heavy atom. The van der Waals surface area contributed by atoms with E-state index in [0.29, 0.717) is 17.9 Å². The molecular weight excluding hydrogens is 318 g/mol. The molecule has 0 aliphatic heterocycles. The average Bonchev–Trinajstić information content (AvgIpc) is 2.42. The van der Waals surface area contributed by atoms with Crippen LogP contribution in [0.15, 0.2) is 46.9 Å². The fourth-order valence-electron chi connectivity index (χ4n) is 1.86. The average molecular weight is 334 g/mol. The van der Waals surface area contributed by atoms with E-state index in [1.807, 2.05) is 44.2 Å². The van der Waals surface area contributed by atoms with E-state index in [1.165, 1.54) is 0 Å². The Morgan fingerprint density at radius 1 is 1.25 bits per heavy atom. The predicted octanol–water partition coefficient (Wildman–Crippen LogP) is 4.41. The topological polar surface area (TPSA) is 38.3 Å². The van der Waals surface area contributed by atoms with Crippen LogP contribution in [0, 0.1) is 6.92 Å². The van der Waals surface area contributed by atoms with Gasteiger partial charge in [0.2, 0.25) is 0 Å². The highest BCUT2D eigenvalue weighted by Crippen LogP contribution is 2.21. The number of hydrogen-bond donors (Lipinski definition) is 1. The van der Waals surface area contributed by atoms with Crippen LogP contribution in [0.25, 0.3) is 0 Å². The zero-order chi connectivity index (χ0) is 14.5. The highest BCUT2D eigenvalue weighted by atomic mass is 79.9. The molecule has 0 saturated heterocycles. The van der Waals surface area contributed by atoms with E-state index in [4.69, 9.17) is 4.74 Å². The first-order valence-corrected chi connectivity index (χ1v) is 7.20. The van der Waals surface area contributed by atoms with Crippen LogP contribution >= 0.6 is 15.9 Å². The first-order chi connectivity index (χ1) is 9.60. The smallest absolute Gasteiger partial charge is 0.255 e. The summed E-state index contributed by atoms with van der Waals surface area (Å²) in [5, 5.41) is 2.91. The molecule has 104 valence electrons. The molecule has 4 heteroatoms. The minimum Gasteiger partial charge on any atom is -0.494 e. The maximum Gasteiger partial charge on any atom is 0.255 e. The molecule has 20 heavy (non-hydrogen) atoms. The number of hydrogen-bond acceptors (Lipinski definition) is 2. The molecular formula is C16H16BrNO2. The molecule has 0 aliphatic rings. The van der Waals surface area contributed by atoms with E-state index < -0.39 is 0 Å². The van der Waals surface area contributed by atoms with Gasteiger partial charge >= 0.3 is 0 Å². The largest absolute Gasteiger partial charge is 0.494 e. The molecule has 0 aromatic heterocycles. The number of amides is 1. The van der Waals surface area contributed by atoms with E-state index in [9.17, 15) is 4.79 Å². The summed E-state index contributed by atoms with van der Waals surface area (Å²) in [6.45, 7) is 4.45. The van der Waals surface area contributed by atoms with Crippen LogP contribution in [-0.2, 0) is 0 Å². The van der Waals surface area contributed by atoms with Gasteiger partial charge in [-0.1, -0.05) is 22.0 Å². The molecule has 0 spiro atoms. The minimum atomic E-state index is -0.142. The van der Waals surface area contributed by atoms with Crippen LogP contribution in [0.5, 0.6) is 5.75 Å². The van der Waals surface area contributed by atoms with Crippen LogP contribution in [0.4, 0.5) is 5.69 Å². The Labute approximate surface area is 127 Å². The number of carbonyl (C=O) groups is 1. The van der Waals surface area contributed by atoms with Crippen molar-refractivity contribution in [1.29, 1.82) is 0 Å². The Bertz CT molecular complexity index is 626. The number of carbonyl (C=O) groups excluding carboxylic acids is 1. The summed E-state index contributed by atoms with van der Waals surface area (Å²) in [7, 11) is 0. The summed E-state index contributed by atoms with van der Waals surface area (Å²) in [6, 6.07) is 12.9. The maximum absolute atomic E-state index is 12.2. The second kappa shape index (κ2) is 6.57. The van der Waals surface area contributed by atoms with E-state index in [-0.39, 0.29) is 5.91 Å². The second-order valence-electron chi connectivity index (χ2n) is 4.37. The fourth-order valence-corrected chi connectivity index (χ4v) is 2.33. The van der Waals surface area contributed by atoms with Gasteiger partial charge in [0.1, 0.15) is 5.75 Å². The van der Waals surface area contributed by atoms with Crippen LogP contribution < -0.4 is 10.1 Å². The summed E-state index contributed by atoms with van der Waals surface area (Å²) < 4.78 is 6.39. The number of rotatable bonds is 4. The van der Waals surface area contributed by atoms with Gasteiger partial charge in [0.15, 0.2) is 0 Å². The Hall–Kier alpha value is -1.81. The number of ether oxygens (including phenoxy) is 1. The molecule has 0 heterocycles. The van der Waals surface area contributed by atoms with Crippen molar-refractivity contribution in [1.82, 2.24) is 0 Å². The first-order valence-electron chi connectivity index (χ1n) is 6.40. The summed E-state index contributed by atoms with van der Waals surface area (Å²) in [5.41, 5.74) is 2.40. The highest BCUT2D eigenvalue weighted by molar-refractivity contribution is 9.10. The second-order valence-corrected chi connectivity index (χ2v) is 5.29. The van der Waals surface area contributed by atoms with Crippen molar-refractivity contribution in [2.24, 2.45) is 0 Å². The van der Waals surface area contributed by atoms with Crippen LogP contribution in [0.2, 0.25) is 0 Å². The third kappa shape index (κ3) is 3.61. The molecule has 2 rings (SSSR count). The van der Waals surface area contributed by atoms with Crippen molar-refractivity contribution in [3.05, 3.63) is 58.1 Å². The van der Waals surface area contributed by atoms with Crippen LogP contribution in [-0.4, -0.2) is 12.5 Å². The number of benzene rings is 2. The highest BCUT2D eigenvalue weighted by Gasteiger charge is 2.08.